The Balaban J connectivity index is 2.01. The van der Waals surface area contributed by atoms with E-state index in [0.29, 0.717) is 12.3 Å². The maximum Gasteiger partial charge on any atom is 0.334 e. The zero-order valence-corrected chi connectivity index (χ0v) is 28.1. The van der Waals surface area contributed by atoms with Crippen molar-refractivity contribution in [3.8, 4) is 0 Å². The van der Waals surface area contributed by atoms with Crippen LogP contribution in [0.15, 0.2) is 103 Å². The molecule has 0 fully saturated rings. The maximum atomic E-state index is 13.8. The van der Waals surface area contributed by atoms with Gasteiger partial charge in [0.1, 0.15) is 35.9 Å². The Labute approximate surface area is 250 Å². The van der Waals surface area contributed by atoms with Crippen LogP contribution in [0.1, 0.15) is 53.9 Å². The van der Waals surface area contributed by atoms with Crippen molar-refractivity contribution >= 4 is 37.5 Å². The van der Waals surface area contributed by atoms with Crippen LogP contribution < -0.4 is 15.9 Å². The minimum atomic E-state index is -2.26. The minimum Gasteiger partial charge on any atom is -0.459 e. The molecule has 3 aromatic rings. The molecule has 220 valence electrons. The van der Waals surface area contributed by atoms with E-state index < -0.39 is 21.7 Å². The predicted octanol–water partition coefficient (Wildman–Crippen LogP) is 8.30. The standard InChI is InChI=1S/C36H50O3PSi/c1-29(2)24-25-30(3)28-38-35(37)34(39-41(7,8)36(4,5)6)26-27-40(31-18-12-9-13-19-31,32-20-14-10-15-21-32)33-22-16-11-17-23-33/h9-23,29,34H,3,24-28H2,1-2,4-8H3/q+1/t34-/m1/s1. The van der Waals surface area contributed by atoms with E-state index in [1.54, 1.807) is 0 Å². The third kappa shape index (κ3) is 8.74. The fraction of sp³-hybridized carbons (Fsp3) is 0.417. The maximum absolute atomic E-state index is 13.8. The Hall–Kier alpha value is -2.52. The van der Waals surface area contributed by atoms with E-state index in [1.807, 2.05) is 0 Å². The zero-order chi connectivity index (χ0) is 30.1. The minimum absolute atomic E-state index is 0.0308. The van der Waals surface area contributed by atoms with Gasteiger partial charge in [-0.2, -0.15) is 0 Å². The highest BCUT2D eigenvalue weighted by Gasteiger charge is 2.47. The van der Waals surface area contributed by atoms with Crippen LogP contribution in [0.2, 0.25) is 18.1 Å². The lowest BCUT2D eigenvalue weighted by atomic mass is 10.0. The van der Waals surface area contributed by atoms with Gasteiger partial charge in [0.15, 0.2) is 8.32 Å². The van der Waals surface area contributed by atoms with Crippen LogP contribution in [-0.2, 0) is 14.0 Å². The van der Waals surface area contributed by atoms with Crippen LogP contribution in [0.4, 0.5) is 0 Å². The molecule has 0 bridgehead atoms. The Kier molecular flexibility index (Phi) is 11.7. The lowest BCUT2D eigenvalue weighted by Gasteiger charge is -2.39. The summed E-state index contributed by atoms with van der Waals surface area (Å²) in [5.41, 5.74) is 0.956. The molecule has 0 saturated heterocycles. The van der Waals surface area contributed by atoms with Crippen molar-refractivity contribution in [2.24, 2.45) is 5.92 Å². The van der Waals surface area contributed by atoms with Gasteiger partial charge < -0.3 is 9.16 Å². The quantitative estimate of drug-likeness (QED) is 0.0821. The van der Waals surface area contributed by atoms with Crippen molar-refractivity contribution in [3.05, 3.63) is 103 Å². The SMILES string of the molecule is C=C(CCC(C)C)COC(=O)[C@@H](CC[P+](c1ccccc1)(c1ccccc1)c1ccccc1)O[Si](C)(C)C(C)(C)C. The summed E-state index contributed by atoms with van der Waals surface area (Å²) in [5, 5.41) is 3.88. The summed E-state index contributed by atoms with van der Waals surface area (Å²) in [6.45, 7) is 19.9. The molecule has 41 heavy (non-hydrogen) atoms. The number of benzene rings is 3. The van der Waals surface area contributed by atoms with Gasteiger partial charge in [-0.05, 0) is 78.9 Å². The summed E-state index contributed by atoms with van der Waals surface area (Å²) in [7, 11) is -4.36. The number of hydrogen-bond acceptors (Lipinski definition) is 3. The predicted molar refractivity (Wildman–Crippen MR) is 181 cm³/mol. The summed E-state index contributed by atoms with van der Waals surface area (Å²) >= 11 is 0. The van der Waals surface area contributed by atoms with Gasteiger partial charge in [0, 0.05) is 6.42 Å². The largest absolute Gasteiger partial charge is 0.459 e. The number of carbonyl (C=O) groups excluding carboxylic acids is 1. The lowest BCUT2D eigenvalue weighted by Crippen LogP contribution is -2.47. The van der Waals surface area contributed by atoms with E-state index in [9.17, 15) is 4.79 Å². The first kappa shape index (κ1) is 33.0. The van der Waals surface area contributed by atoms with Gasteiger partial charge in [-0.1, -0.05) is 95.8 Å². The van der Waals surface area contributed by atoms with Crippen LogP contribution in [0.3, 0.4) is 0 Å². The number of rotatable bonds is 14. The highest BCUT2D eigenvalue weighted by Crippen LogP contribution is 2.56. The summed E-state index contributed by atoms with van der Waals surface area (Å²) in [4.78, 5) is 13.8. The molecule has 0 aliphatic carbocycles. The molecule has 0 heterocycles. The Bertz CT molecular complexity index is 1140. The van der Waals surface area contributed by atoms with Crippen molar-refractivity contribution in [2.45, 2.75) is 78.1 Å². The molecule has 3 nitrogen and oxygen atoms in total. The van der Waals surface area contributed by atoms with Crippen LogP contribution in [0.5, 0.6) is 0 Å². The molecule has 3 aromatic carbocycles. The fourth-order valence-corrected chi connectivity index (χ4v) is 10.4. The number of ether oxygens (including phenoxy) is 1. The summed E-state index contributed by atoms with van der Waals surface area (Å²) < 4.78 is 12.8. The van der Waals surface area contributed by atoms with E-state index in [0.717, 1.165) is 24.6 Å². The van der Waals surface area contributed by atoms with Crippen molar-refractivity contribution in [2.75, 3.05) is 12.8 Å². The van der Waals surface area contributed by atoms with Gasteiger partial charge >= 0.3 is 5.97 Å². The van der Waals surface area contributed by atoms with E-state index in [2.05, 4.69) is 145 Å². The molecule has 0 saturated carbocycles. The van der Waals surface area contributed by atoms with Crippen molar-refractivity contribution in [1.82, 2.24) is 0 Å². The average molecular weight is 590 g/mol. The van der Waals surface area contributed by atoms with Crippen LogP contribution in [0, 0.1) is 5.92 Å². The van der Waals surface area contributed by atoms with E-state index >= 15 is 0 Å². The highest BCUT2D eigenvalue weighted by molar-refractivity contribution is 7.95. The molecule has 0 unspecified atom stereocenters. The smallest absolute Gasteiger partial charge is 0.334 e. The monoisotopic (exact) mass is 589 g/mol. The zero-order valence-electron chi connectivity index (χ0n) is 26.2. The summed E-state index contributed by atoms with van der Waals surface area (Å²) in [6, 6.07) is 32.4. The third-order valence-electron chi connectivity index (χ3n) is 8.32. The Morgan fingerprint density at radius 2 is 1.24 bits per heavy atom. The summed E-state index contributed by atoms with van der Waals surface area (Å²) in [6.07, 6.45) is 2.65. The van der Waals surface area contributed by atoms with Crippen LogP contribution in [-0.4, -0.2) is 33.2 Å². The molecule has 0 amide bonds. The van der Waals surface area contributed by atoms with E-state index in [1.165, 1.54) is 15.9 Å². The first-order valence-corrected chi connectivity index (χ1v) is 19.8. The second kappa shape index (κ2) is 14.6. The molecule has 0 aliphatic rings. The first-order valence-electron chi connectivity index (χ1n) is 14.9. The normalized spacial score (nSPS) is 13.2. The van der Waals surface area contributed by atoms with Crippen molar-refractivity contribution in [1.29, 1.82) is 0 Å². The molecule has 0 radical (unpaired) electrons. The Morgan fingerprint density at radius 3 is 1.63 bits per heavy atom. The van der Waals surface area contributed by atoms with Gasteiger partial charge in [-0.25, -0.2) is 4.79 Å². The first-order chi connectivity index (χ1) is 19.4. The van der Waals surface area contributed by atoms with Crippen molar-refractivity contribution < 1.29 is 14.0 Å². The molecular formula is C36H50O3PSi+. The van der Waals surface area contributed by atoms with Gasteiger partial charge in [-0.15, -0.1) is 0 Å². The third-order valence-corrected chi connectivity index (χ3v) is 17.3. The second-order valence-corrected chi connectivity index (χ2v) is 21.4. The molecule has 3 rings (SSSR count). The second-order valence-electron chi connectivity index (χ2n) is 13.0. The van der Waals surface area contributed by atoms with E-state index in [-0.39, 0.29) is 17.6 Å². The fourth-order valence-electron chi connectivity index (χ4n) is 4.78. The average Bonchev–Trinajstić information content (AvgIpc) is 2.95. The van der Waals surface area contributed by atoms with Gasteiger partial charge in [-0.3, -0.25) is 0 Å². The van der Waals surface area contributed by atoms with Crippen LogP contribution in [0.25, 0.3) is 0 Å². The molecule has 1 atom stereocenters. The molecule has 0 aliphatic heterocycles. The molecular weight excluding hydrogens is 539 g/mol. The van der Waals surface area contributed by atoms with Gasteiger partial charge in [0.25, 0.3) is 0 Å². The number of carbonyl (C=O) groups is 1. The molecule has 0 aromatic heterocycles. The molecule has 5 heteroatoms. The molecule has 0 N–H and O–H groups in total. The van der Waals surface area contributed by atoms with Crippen molar-refractivity contribution in [3.63, 3.8) is 0 Å². The number of hydrogen-bond donors (Lipinski definition) is 0. The topological polar surface area (TPSA) is 35.5 Å². The highest BCUT2D eigenvalue weighted by atomic mass is 31.2. The van der Waals surface area contributed by atoms with Gasteiger partial charge in [0.05, 0.1) is 6.16 Å². The van der Waals surface area contributed by atoms with Gasteiger partial charge in [0.2, 0.25) is 0 Å². The number of esters is 1. The van der Waals surface area contributed by atoms with E-state index in [4.69, 9.17) is 9.16 Å². The lowest BCUT2D eigenvalue weighted by molar-refractivity contribution is -0.151. The van der Waals surface area contributed by atoms with Crippen LogP contribution >= 0.6 is 7.26 Å². The Morgan fingerprint density at radius 1 is 0.805 bits per heavy atom. The summed E-state index contributed by atoms with van der Waals surface area (Å²) in [5.74, 6) is 0.316. The molecule has 0 spiro atoms.